The molecule has 1 radical (unpaired) electrons. The Morgan fingerprint density at radius 3 is 2.52 bits per heavy atom. The van der Waals surface area contributed by atoms with Gasteiger partial charge in [0.1, 0.15) is 5.58 Å². The molecule has 0 spiro atoms. The zero-order valence-electron chi connectivity index (χ0n) is 22.3. The van der Waals surface area contributed by atoms with Gasteiger partial charge in [0.15, 0.2) is 0 Å². The van der Waals surface area contributed by atoms with E-state index in [9.17, 15) is 0 Å². The van der Waals surface area contributed by atoms with Crippen molar-refractivity contribution in [3.8, 4) is 22.5 Å². The average molecular weight is 610 g/mol. The molecule has 0 amide bonds. The summed E-state index contributed by atoms with van der Waals surface area (Å²) in [5, 5.41) is 1.61. The van der Waals surface area contributed by atoms with Crippen LogP contribution >= 0.6 is 0 Å². The average Bonchev–Trinajstić information content (AvgIpc) is 3.30. The van der Waals surface area contributed by atoms with Crippen molar-refractivity contribution in [2.75, 3.05) is 0 Å². The number of rotatable bonds is 2. The van der Waals surface area contributed by atoms with Crippen LogP contribution in [0.25, 0.3) is 44.5 Å². The fourth-order valence-electron chi connectivity index (χ4n) is 3.42. The van der Waals surface area contributed by atoms with Gasteiger partial charge in [-0.2, -0.15) is 0 Å². The van der Waals surface area contributed by atoms with E-state index in [-0.39, 0.29) is 43.4 Å². The van der Waals surface area contributed by atoms with Crippen LogP contribution in [-0.2, 0) is 20.1 Å². The molecule has 3 nitrogen and oxygen atoms in total. The number of para-hydroxylation sites is 1. The number of hydrogen-bond acceptors (Lipinski definition) is 3. The third kappa shape index (κ3) is 4.93. The monoisotopic (exact) mass is 610 g/mol. The molecule has 0 N–H and O–H groups in total. The molecule has 3 aromatic carbocycles. The minimum absolute atomic E-state index is 0. The minimum Gasteiger partial charge on any atom is -0.476 e. The van der Waals surface area contributed by atoms with Gasteiger partial charge in [0.2, 0.25) is 0 Å². The number of aryl methyl sites for hydroxylation is 1. The van der Waals surface area contributed by atoms with E-state index in [1.807, 2.05) is 66.7 Å². The van der Waals surface area contributed by atoms with E-state index in [1.54, 1.807) is 18.3 Å². The number of fused-ring (bicyclic) bond motifs is 3. The van der Waals surface area contributed by atoms with Crippen LogP contribution in [0.4, 0.5) is 0 Å². The van der Waals surface area contributed by atoms with E-state index in [4.69, 9.17) is 11.3 Å². The number of benzene rings is 3. The molecule has 0 aliphatic heterocycles. The molecule has 0 aliphatic rings. The van der Waals surface area contributed by atoms with Crippen molar-refractivity contribution in [1.82, 2.24) is 9.97 Å². The van der Waals surface area contributed by atoms with Gasteiger partial charge >= 0.3 is 0 Å². The van der Waals surface area contributed by atoms with Gasteiger partial charge in [0.25, 0.3) is 0 Å². The van der Waals surface area contributed by atoms with Crippen LogP contribution in [-0.4, -0.2) is 9.97 Å². The Labute approximate surface area is 213 Å². The van der Waals surface area contributed by atoms with E-state index in [1.165, 1.54) is 0 Å². The van der Waals surface area contributed by atoms with Crippen molar-refractivity contribution >= 4 is 21.9 Å². The normalized spacial score (nSPS) is 12.9. The van der Waals surface area contributed by atoms with Crippen LogP contribution in [0.15, 0.2) is 108 Å². The van der Waals surface area contributed by atoms with E-state index in [0.717, 1.165) is 28.2 Å². The van der Waals surface area contributed by atoms with Crippen molar-refractivity contribution in [3.05, 3.63) is 121 Å². The standard InChI is InChI=1S/C18H12NO.C11H8N.Ir/c1-12-9-10-15(19-11-12)13-6-4-8-17-18(13)14-5-2-3-7-16(14)20-17;1-2-6-10(7-3-1)11-8-4-5-9-12-11;/h2-5,7-11H,1H3;1-6,8-9H;/q2*-1;/i1D3,9D,10D;;. The molecule has 3 aromatic heterocycles. The molecule has 6 aromatic rings. The molecule has 33 heavy (non-hydrogen) atoms. The first-order chi connectivity index (χ1) is 17.8. The summed E-state index contributed by atoms with van der Waals surface area (Å²) in [6.45, 7) is -2.48. The van der Waals surface area contributed by atoms with Gasteiger partial charge in [0.05, 0.1) is 8.32 Å². The quantitative estimate of drug-likeness (QED) is 0.194. The SMILES string of the molecule is [2H]c1c(C([2H])([2H])[2H])cnc(-c2[c-]ccc3oc4ccccc4c23)c1[2H].[Ir].[c-]1ccccc1-c1ccccn1. The van der Waals surface area contributed by atoms with E-state index >= 15 is 0 Å². The maximum atomic E-state index is 8.24. The molecule has 163 valence electrons. The van der Waals surface area contributed by atoms with Gasteiger partial charge < -0.3 is 14.4 Å². The minimum atomic E-state index is -2.48. The smallest absolute Gasteiger partial charge is 0.123 e. The number of furan rings is 1. The largest absolute Gasteiger partial charge is 0.476 e. The topological polar surface area (TPSA) is 38.9 Å². The van der Waals surface area contributed by atoms with Crippen LogP contribution in [0, 0.1) is 19.0 Å². The molecule has 0 aliphatic carbocycles. The molecule has 0 fully saturated rings. The second kappa shape index (κ2) is 10.4. The number of aromatic nitrogens is 2. The molecular formula is C29H20IrN2O-2. The molecule has 0 saturated heterocycles. The summed E-state index contributed by atoms with van der Waals surface area (Å²) < 4.78 is 44.5. The van der Waals surface area contributed by atoms with Crippen molar-refractivity contribution in [1.29, 1.82) is 0 Å². The van der Waals surface area contributed by atoms with Crippen LogP contribution in [0.3, 0.4) is 0 Å². The summed E-state index contributed by atoms with van der Waals surface area (Å²) >= 11 is 0. The predicted octanol–water partition coefficient (Wildman–Crippen LogP) is 7.30. The molecule has 0 bridgehead atoms. The van der Waals surface area contributed by atoms with Crippen molar-refractivity contribution < 1.29 is 31.4 Å². The first-order valence-electron chi connectivity index (χ1n) is 12.5. The molecule has 0 atom stereocenters. The Kier molecular flexibility index (Phi) is 5.32. The second-order valence-electron chi connectivity index (χ2n) is 6.95. The Morgan fingerprint density at radius 2 is 1.70 bits per heavy atom. The van der Waals surface area contributed by atoms with E-state index in [0.29, 0.717) is 16.7 Å². The molecule has 6 rings (SSSR count). The molecule has 4 heteroatoms. The Balaban J connectivity index is 0.000000218. The number of nitrogens with zero attached hydrogens (tertiary/aromatic N) is 2. The fourth-order valence-corrected chi connectivity index (χ4v) is 3.42. The zero-order valence-corrected chi connectivity index (χ0v) is 19.7. The summed E-state index contributed by atoms with van der Waals surface area (Å²) in [6.07, 6.45) is 2.94. The first kappa shape index (κ1) is 17.0. The molecular weight excluding hydrogens is 585 g/mol. The summed E-state index contributed by atoms with van der Waals surface area (Å²) in [6, 6.07) is 30.3. The zero-order chi connectivity index (χ0) is 26.0. The van der Waals surface area contributed by atoms with Crippen molar-refractivity contribution in [2.45, 2.75) is 6.85 Å². The van der Waals surface area contributed by atoms with Crippen LogP contribution in [0.5, 0.6) is 0 Å². The van der Waals surface area contributed by atoms with E-state index < -0.39 is 6.85 Å². The predicted molar refractivity (Wildman–Crippen MR) is 129 cm³/mol. The van der Waals surface area contributed by atoms with Gasteiger partial charge in [-0.05, 0) is 41.3 Å². The fraction of sp³-hybridized carbons (Fsp3) is 0.0345. The van der Waals surface area contributed by atoms with E-state index in [2.05, 4.69) is 22.1 Å². The van der Waals surface area contributed by atoms with Gasteiger partial charge in [-0.15, -0.1) is 53.6 Å². The summed E-state index contributed by atoms with van der Waals surface area (Å²) in [4.78, 5) is 8.39. The third-order valence-corrected chi connectivity index (χ3v) is 4.86. The number of pyridine rings is 2. The molecule has 3 heterocycles. The van der Waals surface area contributed by atoms with Crippen LogP contribution in [0.1, 0.15) is 12.4 Å². The maximum absolute atomic E-state index is 8.24. The van der Waals surface area contributed by atoms with Gasteiger partial charge in [-0.3, -0.25) is 0 Å². The Morgan fingerprint density at radius 1 is 0.818 bits per heavy atom. The maximum Gasteiger partial charge on any atom is 0.123 e. The van der Waals surface area contributed by atoms with Crippen molar-refractivity contribution in [3.63, 3.8) is 0 Å². The molecule has 0 unspecified atom stereocenters. The van der Waals surface area contributed by atoms with Crippen LogP contribution in [0.2, 0.25) is 0 Å². The molecule has 0 saturated carbocycles. The van der Waals surface area contributed by atoms with Gasteiger partial charge in [-0.25, -0.2) is 0 Å². The summed E-state index contributed by atoms with van der Waals surface area (Å²) in [5.41, 5.74) is 3.85. The summed E-state index contributed by atoms with van der Waals surface area (Å²) in [7, 11) is 0. The second-order valence-corrected chi connectivity index (χ2v) is 6.95. The number of hydrogen-bond donors (Lipinski definition) is 0. The van der Waals surface area contributed by atoms with Gasteiger partial charge in [-0.1, -0.05) is 53.9 Å². The van der Waals surface area contributed by atoms with Crippen LogP contribution < -0.4 is 0 Å². The Bertz CT molecular complexity index is 1650. The summed E-state index contributed by atoms with van der Waals surface area (Å²) in [5.74, 6) is 0. The van der Waals surface area contributed by atoms with Crippen molar-refractivity contribution in [2.24, 2.45) is 0 Å². The first-order valence-corrected chi connectivity index (χ1v) is 10.0. The van der Waals surface area contributed by atoms with Gasteiger partial charge in [0, 0.05) is 36.6 Å². The third-order valence-electron chi connectivity index (χ3n) is 4.86. The Hall–Kier alpha value is -3.59.